The molecule has 2 aliphatic rings. The van der Waals surface area contributed by atoms with Gasteiger partial charge in [0, 0.05) is 50.3 Å². The van der Waals surface area contributed by atoms with E-state index in [9.17, 15) is 19.7 Å². The minimum atomic E-state index is -0.455. The Labute approximate surface area is 146 Å². The lowest BCUT2D eigenvalue weighted by molar-refractivity contribution is -0.384. The van der Waals surface area contributed by atoms with E-state index in [2.05, 4.69) is 0 Å². The second-order valence-electron chi connectivity index (χ2n) is 6.43. The van der Waals surface area contributed by atoms with Gasteiger partial charge in [0.2, 0.25) is 11.8 Å². The van der Waals surface area contributed by atoms with Crippen LogP contribution in [0.15, 0.2) is 30.3 Å². The highest BCUT2D eigenvalue weighted by atomic mass is 16.6. The molecule has 2 heterocycles. The molecule has 0 saturated carbocycles. The van der Waals surface area contributed by atoms with Crippen molar-refractivity contribution in [3.8, 4) is 0 Å². The molecule has 0 N–H and O–H groups in total. The summed E-state index contributed by atoms with van der Waals surface area (Å²) in [6.07, 6.45) is 6.26. The van der Waals surface area contributed by atoms with E-state index >= 15 is 0 Å². The number of piperidine rings is 1. The number of hydrogen-bond donors (Lipinski definition) is 0. The molecule has 0 radical (unpaired) electrons. The molecule has 2 saturated heterocycles. The SMILES string of the molecule is O=C(/C=C\c1cccc([N+](=O)[O-])c1)N1CCC(N2CCCC2=O)CC1. The molecule has 2 amide bonds. The third-order valence-electron chi connectivity index (χ3n) is 4.83. The summed E-state index contributed by atoms with van der Waals surface area (Å²) >= 11 is 0. The van der Waals surface area contributed by atoms with Crippen LogP contribution in [-0.4, -0.2) is 52.2 Å². The predicted molar refractivity (Wildman–Crippen MR) is 92.7 cm³/mol. The van der Waals surface area contributed by atoms with Crippen LogP contribution in [-0.2, 0) is 9.59 Å². The molecule has 7 nitrogen and oxygen atoms in total. The van der Waals surface area contributed by atoms with Gasteiger partial charge in [-0.05, 0) is 30.9 Å². The first-order chi connectivity index (χ1) is 12.0. The summed E-state index contributed by atoms with van der Waals surface area (Å²) in [5.74, 6) is 0.132. The summed E-state index contributed by atoms with van der Waals surface area (Å²) in [5.41, 5.74) is 0.630. The largest absolute Gasteiger partial charge is 0.340 e. The summed E-state index contributed by atoms with van der Waals surface area (Å²) in [6, 6.07) is 6.43. The zero-order valence-corrected chi connectivity index (χ0v) is 14.0. The van der Waals surface area contributed by atoms with Gasteiger partial charge in [-0.25, -0.2) is 0 Å². The number of carbonyl (C=O) groups excluding carboxylic acids is 2. The van der Waals surface area contributed by atoms with Crippen LogP contribution in [0.3, 0.4) is 0 Å². The molecule has 0 unspecified atom stereocenters. The van der Waals surface area contributed by atoms with Gasteiger partial charge < -0.3 is 9.80 Å². The van der Waals surface area contributed by atoms with E-state index in [-0.39, 0.29) is 23.5 Å². The van der Waals surface area contributed by atoms with Crippen molar-refractivity contribution in [2.45, 2.75) is 31.7 Å². The Kier molecular flexibility index (Phi) is 5.11. The number of likely N-dealkylation sites (tertiary alicyclic amines) is 2. The summed E-state index contributed by atoms with van der Waals surface area (Å²) < 4.78 is 0. The molecule has 1 aromatic rings. The van der Waals surface area contributed by atoms with Gasteiger partial charge in [0.05, 0.1) is 4.92 Å². The molecule has 0 bridgehead atoms. The zero-order chi connectivity index (χ0) is 17.8. The third kappa shape index (κ3) is 4.04. The predicted octanol–water partition coefficient (Wildman–Crippen LogP) is 2.22. The van der Waals surface area contributed by atoms with Crippen molar-refractivity contribution in [3.63, 3.8) is 0 Å². The maximum atomic E-state index is 12.3. The average Bonchev–Trinajstić information content (AvgIpc) is 3.06. The van der Waals surface area contributed by atoms with Crippen LogP contribution in [0.2, 0.25) is 0 Å². The van der Waals surface area contributed by atoms with Gasteiger partial charge in [-0.15, -0.1) is 0 Å². The molecule has 25 heavy (non-hydrogen) atoms. The van der Waals surface area contributed by atoms with Crippen molar-refractivity contribution in [2.75, 3.05) is 19.6 Å². The molecular formula is C18H21N3O4. The fraction of sp³-hybridized carbons (Fsp3) is 0.444. The number of hydrogen-bond acceptors (Lipinski definition) is 4. The van der Waals surface area contributed by atoms with Crippen molar-refractivity contribution in [1.82, 2.24) is 9.80 Å². The van der Waals surface area contributed by atoms with E-state index in [1.165, 1.54) is 18.2 Å². The third-order valence-corrected chi connectivity index (χ3v) is 4.83. The van der Waals surface area contributed by atoms with E-state index in [4.69, 9.17) is 0 Å². The Morgan fingerprint density at radius 2 is 2.00 bits per heavy atom. The number of amides is 2. The number of benzene rings is 1. The molecule has 2 aliphatic heterocycles. The first-order valence-corrected chi connectivity index (χ1v) is 8.55. The fourth-order valence-electron chi connectivity index (χ4n) is 3.47. The van der Waals surface area contributed by atoms with Crippen LogP contribution < -0.4 is 0 Å². The maximum absolute atomic E-state index is 12.3. The number of carbonyl (C=O) groups is 2. The van der Waals surface area contributed by atoms with Crippen molar-refractivity contribution < 1.29 is 14.5 Å². The van der Waals surface area contributed by atoms with Crippen molar-refractivity contribution in [2.24, 2.45) is 0 Å². The number of nitrogens with zero attached hydrogens (tertiary/aromatic N) is 3. The molecule has 1 aromatic carbocycles. The Morgan fingerprint density at radius 1 is 1.24 bits per heavy atom. The van der Waals surface area contributed by atoms with Crippen LogP contribution in [0.4, 0.5) is 5.69 Å². The van der Waals surface area contributed by atoms with Gasteiger partial charge in [0.1, 0.15) is 0 Å². The average molecular weight is 343 g/mol. The zero-order valence-electron chi connectivity index (χ0n) is 14.0. The van der Waals surface area contributed by atoms with E-state index in [1.807, 2.05) is 4.90 Å². The highest BCUT2D eigenvalue weighted by Crippen LogP contribution is 2.22. The van der Waals surface area contributed by atoms with Gasteiger partial charge in [0.25, 0.3) is 5.69 Å². The minimum absolute atomic E-state index is 0.00527. The Balaban J connectivity index is 1.55. The molecular weight excluding hydrogens is 322 g/mol. The second-order valence-corrected chi connectivity index (χ2v) is 6.43. The van der Waals surface area contributed by atoms with Crippen molar-refractivity contribution in [3.05, 3.63) is 46.0 Å². The number of nitro groups is 1. The smallest absolute Gasteiger partial charge is 0.270 e. The lowest BCUT2D eigenvalue weighted by atomic mass is 10.0. The van der Waals surface area contributed by atoms with E-state index < -0.39 is 4.92 Å². The van der Waals surface area contributed by atoms with Crippen LogP contribution in [0.1, 0.15) is 31.2 Å². The molecule has 132 valence electrons. The van der Waals surface area contributed by atoms with Gasteiger partial charge in [-0.1, -0.05) is 12.1 Å². The molecule has 0 aliphatic carbocycles. The standard InChI is InChI=1S/C18H21N3O4/c22-17(7-6-14-3-1-4-16(13-14)21(24)25)19-11-8-15(9-12-19)20-10-2-5-18(20)23/h1,3-4,6-7,13,15H,2,5,8-12H2/b7-6-. The van der Waals surface area contributed by atoms with E-state index in [0.717, 1.165) is 25.8 Å². The maximum Gasteiger partial charge on any atom is 0.270 e. The van der Waals surface area contributed by atoms with Gasteiger partial charge in [0.15, 0.2) is 0 Å². The molecule has 0 aromatic heterocycles. The first kappa shape index (κ1) is 17.1. The van der Waals surface area contributed by atoms with Crippen molar-refractivity contribution >= 4 is 23.6 Å². The number of nitro benzene ring substituents is 1. The summed E-state index contributed by atoms with van der Waals surface area (Å²) in [5, 5.41) is 10.8. The molecule has 2 fully saturated rings. The van der Waals surface area contributed by atoms with Gasteiger partial charge in [-0.2, -0.15) is 0 Å². The summed E-state index contributed by atoms with van der Waals surface area (Å²) in [7, 11) is 0. The van der Waals surface area contributed by atoms with E-state index in [1.54, 1.807) is 23.1 Å². The van der Waals surface area contributed by atoms with Crippen LogP contribution in [0.5, 0.6) is 0 Å². The molecule has 3 rings (SSSR count). The highest BCUT2D eigenvalue weighted by Gasteiger charge is 2.31. The molecule has 7 heteroatoms. The fourth-order valence-corrected chi connectivity index (χ4v) is 3.47. The Morgan fingerprint density at radius 3 is 2.64 bits per heavy atom. The van der Waals surface area contributed by atoms with Crippen LogP contribution in [0.25, 0.3) is 6.08 Å². The normalized spacial score (nSPS) is 19.0. The summed E-state index contributed by atoms with van der Waals surface area (Å²) in [6.45, 7) is 2.10. The van der Waals surface area contributed by atoms with Crippen LogP contribution >= 0.6 is 0 Å². The molecule has 0 spiro atoms. The monoisotopic (exact) mass is 343 g/mol. The Hall–Kier alpha value is -2.70. The topological polar surface area (TPSA) is 83.8 Å². The molecule has 0 atom stereocenters. The van der Waals surface area contributed by atoms with Crippen molar-refractivity contribution in [1.29, 1.82) is 0 Å². The highest BCUT2D eigenvalue weighted by molar-refractivity contribution is 5.92. The van der Waals surface area contributed by atoms with Gasteiger partial charge in [-0.3, -0.25) is 19.7 Å². The second kappa shape index (κ2) is 7.46. The van der Waals surface area contributed by atoms with Gasteiger partial charge >= 0.3 is 0 Å². The number of rotatable bonds is 4. The van der Waals surface area contributed by atoms with Crippen LogP contribution in [0, 0.1) is 10.1 Å². The Bertz CT molecular complexity index is 708. The lowest BCUT2D eigenvalue weighted by Crippen LogP contribution is -2.46. The number of non-ortho nitro benzene ring substituents is 1. The minimum Gasteiger partial charge on any atom is -0.340 e. The first-order valence-electron chi connectivity index (χ1n) is 8.55. The quantitative estimate of drug-likeness (QED) is 0.477. The lowest BCUT2D eigenvalue weighted by Gasteiger charge is -2.36. The summed E-state index contributed by atoms with van der Waals surface area (Å²) in [4.78, 5) is 38.2. The van der Waals surface area contributed by atoms with E-state index in [0.29, 0.717) is 25.1 Å².